The van der Waals surface area contributed by atoms with Gasteiger partial charge in [-0.05, 0) is 41.4 Å². The molecule has 1 N–H and O–H groups in total. The van der Waals surface area contributed by atoms with Crippen molar-refractivity contribution in [3.05, 3.63) is 28.2 Å². The lowest BCUT2D eigenvalue weighted by Crippen LogP contribution is -2.48. The maximum absolute atomic E-state index is 14.0. The van der Waals surface area contributed by atoms with Gasteiger partial charge in [-0.2, -0.15) is 4.31 Å². The first-order valence-corrected chi connectivity index (χ1v) is 8.98. The number of hydrogen-bond acceptors (Lipinski definition) is 3. The number of piperidine rings is 1. The number of sulfonamides is 1. The third-order valence-corrected chi connectivity index (χ3v) is 6.51. The van der Waals surface area contributed by atoms with Gasteiger partial charge in [-0.15, -0.1) is 0 Å². The summed E-state index contributed by atoms with van der Waals surface area (Å²) in [6.07, 6.45) is 1.59. The molecule has 118 valence electrons. The second kappa shape index (κ2) is 6.68. The second-order valence-corrected chi connectivity index (χ2v) is 7.59. The predicted octanol–water partition coefficient (Wildman–Crippen LogP) is 2.49. The van der Waals surface area contributed by atoms with E-state index in [1.54, 1.807) is 6.92 Å². The Hall–Kier alpha value is -0.570. The molecule has 0 amide bonds. The second-order valence-electron chi connectivity index (χ2n) is 4.91. The standard InChI is InChI=1S/C13H17BrF2N2O2S/c1-2-18(10-4-3-5-17-8-10)21(19,20)13-11(14)6-9(15)7-12(13)16/h6-7,10,17H,2-5,8H2,1H3. The Morgan fingerprint density at radius 1 is 1.43 bits per heavy atom. The molecule has 0 saturated carbocycles. The highest BCUT2D eigenvalue weighted by Gasteiger charge is 2.34. The van der Waals surface area contributed by atoms with Gasteiger partial charge in [0.1, 0.15) is 16.5 Å². The summed E-state index contributed by atoms with van der Waals surface area (Å²) in [4.78, 5) is -0.503. The van der Waals surface area contributed by atoms with Crippen molar-refractivity contribution in [2.45, 2.75) is 30.7 Å². The summed E-state index contributed by atoms with van der Waals surface area (Å²) in [5.41, 5.74) is 0. The van der Waals surface area contributed by atoms with Crippen molar-refractivity contribution in [3.8, 4) is 0 Å². The van der Waals surface area contributed by atoms with Crippen LogP contribution >= 0.6 is 15.9 Å². The number of halogens is 3. The fourth-order valence-corrected chi connectivity index (χ4v) is 5.38. The summed E-state index contributed by atoms with van der Waals surface area (Å²) in [6.45, 7) is 3.33. The van der Waals surface area contributed by atoms with E-state index in [1.165, 1.54) is 4.31 Å². The summed E-state index contributed by atoms with van der Waals surface area (Å²) in [5.74, 6) is -1.90. The molecule has 0 spiro atoms. The quantitative estimate of drug-likeness (QED) is 0.869. The Labute approximate surface area is 131 Å². The van der Waals surface area contributed by atoms with Crippen LogP contribution in [0.4, 0.5) is 8.78 Å². The smallest absolute Gasteiger partial charge is 0.247 e. The van der Waals surface area contributed by atoms with Gasteiger partial charge in [0.25, 0.3) is 0 Å². The van der Waals surface area contributed by atoms with Crippen LogP contribution in [0, 0.1) is 11.6 Å². The molecule has 1 fully saturated rings. The Balaban J connectivity index is 2.44. The lowest BCUT2D eigenvalue weighted by Gasteiger charge is -2.33. The van der Waals surface area contributed by atoms with E-state index >= 15 is 0 Å². The van der Waals surface area contributed by atoms with Gasteiger partial charge in [-0.1, -0.05) is 6.92 Å². The van der Waals surface area contributed by atoms with Crippen LogP contribution in [0.15, 0.2) is 21.5 Å². The number of nitrogens with one attached hydrogen (secondary N) is 1. The van der Waals surface area contributed by atoms with Crippen LogP contribution < -0.4 is 5.32 Å². The van der Waals surface area contributed by atoms with Crippen molar-refractivity contribution < 1.29 is 17.2 Å². The van der Waals surface area contributed by atoms with Crippen molar-refractivity contribution in [2.75, 3.05) is 19.6 Å². The van der Waals surface area contributed by atoms with Gasteiger partial charge in [-0.3, -0.25) is 0 Å². The van der Waals surface area contributed by atoms with Gasteiger partial charge in [-0.25, -0.2) is 17.2 Å². The summed E-state index contributed by atoms with van der Waals surface area (Å²) >= 11 is 2.95. The molecule has 0 radical (unpaired) electrons. The van der Waals surface area contributed by atoms with Crippen molar-refractivity contribution in [1.29, 1.82) is 0 Å². The van der Waals surface area contributed by atoms with Gasteiger partial charge in [0.2, 0.25) is 10.0 Å². The van der Waals surface area contributed by atoms with Crippen LogP contribution in [0.5, 0.6) is 0 Å². The molecule has 1 atom stereocenters. The van der Waals surface area contributed by atoms with E-state index in [1.807, 2.05) is 0 Å². The van der Waals surface area contributed by atoms with E-state index in [0.717, 1.165) is 25.5 Å². The average molecular weight is 383 g/mol. The topological polar surface area (TPSA) is 49.4 Å². The Morgan fingerprint density at radius 2 is 2.14 bits per heavy atom. The third kappa shape index (κ3) is 3.44. The molecule has 1 unspecified atom stereocenters. The lowest BCUT2D eigenvalue weighted by molar-refractivity contribution is 0.273. The number of rotatable bonds is 4. The van der Waals surface area contributed by atoms with Crippen molar-refractivity contribution >= 4 is 26.0 Å². The molecule has 0 bridgehead atoms. The summed E-state index contributed by atoms with van der Waals surface area (Å²) < 4.78 is 53.8. The SMILES string of the molecule is CCN(C1CCCNC1)S(=O)(=O)c1c(F)cc(F)cc1Br. The Morgan fingerprint density at radius 3 is 2.67 bits per heavy atom. The predicted molar refractivity (Wildman–Crippen MR) is 79.5 cm³/mol. The number of hydrogen-bond donors (Lipinski definition) is 1. The van der Waals surface area contributed by atoms with Gasteiger partial charge < -0.3 is 5.32 Å². The zero-order chi connectivity index (χ0) is 15.6. The molecule has 1 heterocycles. The molecule has 2 rings (SSSR count). The fourth-order valence-electron chi connectivity index (χ4n) is 2.60. The van der Waals surface area contributed by atoms with Crippen LogP contribution in [0.3, 0.4) is 0 Å². The van der Waals surface area contributed by atoms with Crippen LogP contribution in [-0.4, -0.2) is 38.4 Å². The van der Waals surface area contributed by atoms with Crippen molar-refractivity contribution in [3.63, 3.8) is 0 Å². The van der Waals surface area contributed by atoms with Crippen LogP contribution in [0.25, 0.3) is 0 Å². The largest absolute Gasteiger partial charge is 0.315 e. The van der Waals surface area contributed by atoms with E-state index in [2.05, 4.69) is 21.2 Å². The highest BCUT2D eigenvalue weighted by molar-refractivity contribution is 9.10. The minimum atomic E-state index is -4.02. The zero-order valence-corrected chi connectivity index (χ0v) is 14.0. The Bertz CT molecular complexity index is 596. The van der Waals surface area contributed by atoms with Crippen LogP contribution in [-0.2, 0) is 10.0 Å². The summed E-state index contributed by atoms with van der Waals surface area (Å²) in [7, 11) is -4.02. The van der Waals surface area contributed by atoms with E-state index in [9.17, 15) is 17.2 Å². The first kappa shape index (κ1) is 16.8. The number of nitrogens with zero attached hydrogens (tertiary/aromatic N) is 1. The van der Waals surface area contributed by atoms with Crippen molar-refractivity contribution in [2.24, 2.45) is 0 Å². The number of benzene rings is 1. The van der Waals surface area contributed by atoms with E-state index in [4.69, 9.17) is 0 Å². The van der Waals surface area contributed by atoms with Crippen LogP contribution in [0.2, 0.25) is 0 Å². The minimum absolute atomic E-state index is 0.0952. The highest BCUT2D eigenvalue weighted by atomic mass is 79.9. The normalized spacial score (nSPS) is 20.0. The molecule has 0 aromatic heterocycles. The maximum atomic E-state index is 14.0. The first-order chi connectivity index (χ1) is 9.87. The monoisotopic (exact) mass is 382 g/mol. The van der Waals surface area contributed by atoms with Gasteiger partial charge >= 0.3 is 0 Å². The maximum Gasteiger partial charge on any atom is 0.247 e. The molecule has 21 heavy (non-hydrogen) atoms. The zero-order valence-electron chi connectivity index (χ0n) is 11.6. The van der Waals surface area contributed by atoms with E-state index in [0.29, 0.717) is 12.6 Å². The van der Waals surface area contributed by atoms with E-state index in [-0.39, 0.29) is 17.1 Å². The first-order valence-electron chi connectivity index (χ1n) is 6.75. The van der Waals surface area contributed by atoms with Crippen molar-refractivity contribution in [1.82, 2.24) is 9.62 Å². The summed E-state index contributed by atoms with van der Waals surface area (Å²) in [5, 5.41) is 3.14. The minimum Gasteiger partial charge on any atom is -0.315 e. The third-order valence-electron chi connectivity index (χ3n) is 3.52. The molecular formula is C13H17BrF2N2O2S. The molecule has 1 saturated heterocycles. The molecule has 1 aliphatic heterocycles. The molecule has 0 aliphatic carbocycles. The fraction of sp³-hybridized carbons (Fsp3) is 0.538. The Kier molecular flexibility index (Phi) is 5.34. The summed E-state index contributed by atoms with van der Waals surface area (Å²) in [6, 6.07) is 1.33. The molecule has 4 nitrogen and oxygen atoms in total. The molecular weight excluding hydrogens is 366 g/mol. The van der Waals surface area contributed by atoms with Crippen LogP contribution in [0.1, 0.15) is 19.8 Å². The van der Waals surface area contributed by atoms with Gasteiger partial charge in [0.15, 0.2) is 0 Å². The lowest BCUT2D eigenvalue weighted by atomic mass is 10.1. The van der Waals surface area contributed by atoms with E-state index < -0.39 is 26.6 Å². The number of likely N-dealkylation sites (N-methyl/N-ethyl adjacent to an activating group) is 1. The molecule has 8 heteroatoms. The average Bonchev–Trinajstić information content (AvgIpc) is 2.38. The van der Waals surface area contributed by atoms with Gasteiger partial charge in [0, 0.05) is 29.7 Å². The highest BCUT2D eigenvalue weighted by Crippen LogP contribution is 2.30. The molecule has 1 aliphatic rings. The van der Waals surface area contributed by atoms with Gasteiger partial charge in [0.05, 0.1) is 0 Å². The molecule has 1 aromatic carbocycles. The molecule has 1 aromatic rings.